The number of carbonyl (C=O) groups is 2. The first-order valence-electron chi connectivity index (χ1n) is 10.8. The molecule has 0 radical (unpaired) electrons. The Balaban J connectivity index is 1.82. The molecular formula is C26H31NO4. The molecule has 0 aromatic heterocycles. The van der Waals surface area contributed by atoms with Crippen LogP contribution in [0, 0.1) is 0 Å². The van der Waals surface area contributed by atoms with Gasteiger partial charge in [0, 0.05) is 12.5 Å². The zero-order chi connectivity index (χ0) is 22.3. The molecule has 2 rings (SSSR count). The summed E-state index contributed by atoms with van der Waals surface area (Å²) in [5.41, 5.74) is 2.99. The second-order valence-corrected chi connectivity index (χ2v) is 7.25. The Morgan fingerprint density at radius 1 is 1.00 bits per heavy atom. The Bertz CT molecular complexity index is 885. The van der Waals surface area contributed by atoms with Gasteiger partial charge in [0.05, 0.1) is 12.3 Å². The zero-order valence-corrected chi connectivity index (χ0v) is 18.0. The van der Waals surface area contributed by atoms with E-state index in [2.05, 4.69) is 36.5 Å². The van der Waals surface area contributed by atoms with Crippen LogP contribution in [-0.4, -0.2) is 23.6 Å². The number of nitrogens with one attached hydrogen (secondary N) is 1. The number of anilines is 1. The molecule has 5 nitrogen and oxygen atoms in total. The highest BCUT2D eigenvalue weighted by atomic mass is 16.5. The molecule has 2 N–H and O–H groups in total. The minimum Gasteiger partial charge on any atom is -0.491 e. The molecule has 1 amide bonds. The summed E-state index contributed by atoms with van der Waals surface area (Å²) in [5.74, 6) is -0.604. The van der Waals surface area contributed by atoms with Gasteiger partial charge in [0.15, 0.2) is 0 Å². The van der Waals surface area contributed by atoms with E-state index in [-0.39, 0.29) is 18.9 Å². The Morgan fingerprint density at radius 2 is 1.77 bits per heavy atom. The number of hydrogen-bond acceptors (Lipinski definition) is 3. The topological polar surface area (TPSA) is 75.6 Å². The molecule has 5 heteroatoms. The van der Waals surface area contributed by atoms with Crippen LogP contribution in [-0.2, 0) is 16.0 Å². The molecule has 0 fully saturated rings. The van der Waals surface area contributed by atoms with Gasteiger partial charge in [0.2, 0.25) is 5.91 Å². The summed E-state index contributed by atoms with van der Waals surface area (Å²) < 4.78 is 5.60. The lowest BCUT2D eigenvalue weighted by Crippen LogP contribution is -2.10. The Labute approximate surface area is 184 Å². The van der Waals surface area contributed by atoms with Crippen molar-refractivity contribution in [2.75, 3.05) is 11.9 Å². The van der Waals surface area contributed by atoms with Crippen molar-refractivity contribution in [1.82, 2.24) is 0 Å². The maximum absolute atomic E-state index is 12.2. The first-order valence-corrected chi connectivity index (χ1v) is 10.8. The standard InChI is InChI=1S/C26H31NO4/c1-2-3-4-10-21-16-18-22(19-17-21)11-5-8-14-25(28)27-23-12-6-7-13-24(23)31-20-9-15-26(29)30/h5-8,11-14,16-19H,2-4,9-10,15,20H2,1H3,(H,27,28)(H,29,30)/b11-5+,14-8+. The first-order chi connectivity index (χ1) is 15.1. The third kappa shape index (κ3) is 9.81. The Hall–Kier alpha value is -3.34. The molecule has 0 bridgehead atoms. The maximum atomic E-state index is 12.2. The molecule has 2 aromatic carbocycles. The molecule has 0 atom stereocenters. The molecule has 2 aromatic rings. The van der Waals surface area contributed by atoms with E-state index in [9.17, 15) is 9.59 Å². The van der Waals surface area contributed by atoms with E-state index < -0.39 is 5.97 Å². The van der Waals surface area contributed by atoms with Crippen molar-refractivity contribution in [2.24, 2.45) is 0 Å². The molecule has 0 aliphatic rings. The van der Waals surface area contributed by atoms with E-state index in [1.54, 1.807) is 30.3 Å². The number of unbranched alkanes of at least 4 members (excludes halogenated alkanes) is 2. The van der Waals surface area contributed by atoms with Crippen molar-refractivity contribution in [3.8, 4) is 5.75 Å². The fourth-order valence-corrected chi connectivity index (χ4v) is 2.96. The van der Waals surface area contributed by atoms with Gasteiger partial charge in [-0.15, -0.1) is 0 Å². The van der Waals surface area contributed by atoms with Crippen LogP contribution in [0.15, 0.2) is 66.8 Å². The van der Waals surface area contributed by atoms with Crippen molar-refractivity contribution < 1.29 is 19.4 Å². The van der Waals surface area contributed by atoms with Crippen LogP contribution in [0.4, 0.5) is 5.69 Å². The van der Waals surface area contributed by atoms with Crippen molar-refractivity contribution in [3.63, 3.8) is 0 Å². The lowest BCUT2D eigenvalue weighted by molar-refractivity contribution is -0.137. The van der Waals surface area contributed by atoms with E-state index in [1.165, 1.54) is 30.9 Å². The number of carbonyl (C=O) groups excluding carboxylic acids is 1. The Morgan fingerprint density at radius 3 is 2.52 bits per heavy atom. The third-order valence-electron chi connectivity index (χ3n) is 4.63. The highest BCUT2D eigenvalue weighted by molar-refractivity contribution is 6.00. The van der Waals surface area contributed by atoms with Gasteiger partial charge >= 0.3 is 5.97 Å². The van der Waals surface area contributed by atoms with Crippen LogP contribution < -0.4 is 10.1 Å². The SMILES string of the molecule is CCCCCc1ccc(/C=C/C=C/C(=O)Nc2ccccc2OCCCC(=O)O)cc1. The van der Waals surface area contributed by atoms with E-state index in [1.807, 2.05) is 12.2 Å². The predicted molar refractivity (Wildman–Crippen MR) is 125 cm³/mol. The number of rotatable bonds is 13. The Kier molecular flexibility index (Phi) is 10.7. The van der Waals surface area contributed by atoms with Crippen LogP contribution in [0.1, 0.15) is 50.2 Å². The zero-order valence-electron chi connectivity index (χ0n) is 18.0. The lowest BCUT2D eigenvalue weighted by Gasteiger charge is -2.11. The average molecular weight is 422 g/mol. The van der Waals surface area contributed by atoms with Gasteiger partial charge in [0.1, 0.15) is 5.75 Å². The summed E-state index contributed by atoms with van der Waals surface area (Å²) in [5, 5.41) is 11.5. The van der Waals surface area contributed by atoms with Gasteiger partial charge in [-0.2, -0.15) is 0 Å². The number of aryl methyl sites for hydroxylation is 1. The number of aliphatic carboxylic acids is 1. The number of allylic oxidation sites excluding steroid dienone is 2. The highest BCUT2D eigenvalue weighted by Crippen LogP contribution is 2.24. The van der Waals surface area contributed by atoms with Crippen molar-refractivity contribution >= 4 is 23.6 Å². The normalized spacial score (nSPS) is 11.1. The summed E-state index contributed by atoms with van der Waals surface area (Å²) in [6.07, 6.45) is 12.2. The second-order valence-electron chi connectivity index (χ2n) is 7.25. The summed E-state index contributed by atoms with van der Waals surface area (Å²) in [6.45, 7) is 2.48. The molecule has 0 saturated carbocycles. The van der Waals surface area contributed by atoms with Crippen LogP contribution in [0.5, 0.6) is 5.75 Å². The first kappa shape index (κ1) is 23.9. The van der Waals surface area contributed by atoms with Crippen molar-refractivity contribution in [1.29, 1.82) is 0 Å². The fourth-order valence-electron chi connectivity index (χ4n) is 2.96. The van der Waals surface area contributed by atoms with Crippen LogP contribution in [0.25, 0.3) is 6.08 Å². The third-order valence-corrected chi connectivity index (χ3v) is 4.63. The smallest absolute Gasteiger partial charge is 0.303 e. The lowest BCUT2D eigenvalue weighted by atomic mass is 10.1. The van der Waals surface area contributed by atoms with Gasteiger partial charge < -0.3 is 15.2 Å². The molecule has 0 aliphatic carbocycles. The van der Waals surface area contributed by atoms with Crippen LogP contribution in [0.3, 0.4) is 0 Å². The number of para-hydroxylation sites is 2. The maximum Gasteiger partial charge on any atom is 0.303 e. The van der Waals surface area contributed by atoms with Crippen molar-refractivity contribution in [3.05, 3.63) is 77.9 Å². The van der Waals surface area contributed by atoms with Crippen LogP contribution in [0.2, 0.25) is 0 Å². The molecule has 0 spiro atoms. The minimum absolute atomic E-state index is 0.0468. The van der Waals surface area contributed by atoms with Gasteiger partial charge in [0.25, 0.3) is 0 Å². The summed E-state index contributed by atoms with van der Waals surface area (Å²) >= 11 is 0. The number of hydrogen-bond donors (Lipinski definition) is 2. The summed E-state index contributed by atoms with van der Waals surface area (Å²) in [7, 11) is 0. The monoisotopic (exact) mass is 421 g/mol. The fraction of sp³-hybridized carbons (Fsp3) is 0.308. The quantitative estimate of drug-likeness (QED) is 0.241. The number of benzene rings is 2. The number of carboxylic acid groups (broad SMARTS) is 1. The van der Waals surface area contributed by atoms with Crippen molar-refractivity contribution in [2.45, 2.75) is 45.4 Å². The molecule has 31 heavy (non-hydrogen) atoms. The molecule has 0 aliphatic heterocycles. The molecule has 164 valence electrons. The van der Waals surface area contributed by atoms with Gasteiger partial charge in [-0.05, 0) is 42.5 Å². The van der Waals surface area contributed by atoms with E-state index in [0.717, 1.165) is 12.0 Å². The predicted octanol–water partition coefficient (Wildman–Crippen LogP) is 5.87. The summed E-state index contributed by atoms with van der Waals surface area (Å²) in [6, 6.07) is 15.6. The molecule has 0 unspecified atom stereocenters. The molecule has 0 heterocycles. The summed E-state index contributed by atoms with van der Waals surface area (Å²) in [4.78, 5) is 22.8. The number of ether oxygens (including phenoxy) is 1. The van der Waals surface area contributed by atoms with Gasteiger partial charge in [-0.25, -0.2) is 0 Å². The van der Waals surface area contributed by atoms with E-state index in [0.29, 0.717) is 17.9 Å². The molecule has 0 saturated heterocycles. The van der Waals surface area contributed by atoms with E-state index >= 15 is 0 Å². The van der Waals surface area contributed by atoms with Gasteiger partial charge in [-0.3, -0.25) is 9.59 Å². The van der Waals surface area contributed by atoms with E-state index in [4.69, 9.17) is 9.84 Å². The second kappa shape index (κ2) is 13.8. The number of amides is 1. The highest BCUT2D eigenvalue weighted by Gasteiger charge is 2.06. The largest absolute Gasteiger partial charge is 0.491 e. The van der Waals surface area contributed by atoms with Gasteiger partial charge in [-0.1, -0.05) is 74.4 Å². The molecular weight excluding hydrogens is 390 g/mol. The minimum atomic E-state index is -0.855. The average Bonchev–Trinajstić information content (AvgIpc) is 2.76. The number of carboxylic acids is 1. The van der Waals surface area contributed by atoms with Crippen LogP contribution >= 0.6 is 0 Å².